The number of H-pyrrole nitrogens is 1. The van der Waals surface area contributed by atoms with Gasteiger partial charge in [0.2, 0.25) is 0 Å². The van der Waals surface area contributed by atoms with Crippen molar-refractivity contribution >= 4 is 27.5 Å². The first-order valence-electron chi connectivity index (χ1n) is 5.98. The third kappa shape index (κ3) is 3.10. The van der Waals surface area contributed by atoms with E-state index in [0.29, 0.717) is 5.69 Å². The minimum atomic E-state index is -3.06. The molecule has 2 amide bonds. The van der Waals surface area contributed by atoms with Crippen molar-refractivity contribution in [3.8, 4) is 0 Å². The van der Waals surface area contributed by atoms with Gasteiger partial charge in [0.15, 0.2) is 9.84 Å². The fourth-order valence-corrected chi connectivity index (χ4v) is 3.17. The molecule has 3 N–H and O–H groups in total. The highest BCUT2D eigenvalue weighted by atomic mass is 32.2. The van der Waals surface area contributed by atoms with E-state index in [9.17, 15) is 18.0 Å². The first kappa shape index (κ1) is 14.4. The molecule has 0 bridgehead atoms. The first-order valence-corrected chi connectivity index (χ1v) is 7.80. The first-order chi connectivity index (χ1) is 9.28. The molecule has 20 heavy (non-hydrogen) atoms. The van der Waals surface area contributed by atoms with Crippen LogP contribution in [0.1, 0.15) is 16.2 Å². The Morgan fingerprint density at radius 3 is 2.50 bits per heavy atom. The van der Waals surface area contributed by atoms with E-state index in [-0.39, 0.29) is 36.0 Å². The molecule has 0 unspecified atom stereocenters. The number of hydrogen-bond acceptors (Lipinski definition) is 4. The van der Waals surface area contributed by atoms with Crippen LogP contribution in [0.3, 0.4) is 0 Å². The maximum absolute atomic E-state index is 12.0. The number of urea groups is 1. The molecule has 1 aliphatic rings. The average Bonchev–Trinajstić information content (AvgIpc) is 2.70. The van der Waals surface area contributed by atoms with E-state index >= 15 is 0 Å². The molecule has 1 aliphatic heterocycles. The van der Waals surface area contributed by atoms with Gasteiger partial charge in [-0.05, 0) is 13.0 Å². The van der Waals surface area contributed by atoms with E-state index in [0.717, 1.165) is 0 Å². The van der Waals surface area contributed by atoms with Crippen molar-refractivity contribution in [2.24, 2.45) is 0 Å². The number of carboxylic acid groups (broad SMARTS) is 1. The minimum absolute atomic E-state index is 0.0711. The van der Waals surface area contributed by atoms with Gasteiger partial charge in [-0.1, -0.05) is 0 Å². The largest absolute Gasteiger partial charge is 0.477 e. The fraction of sp³-hybridized carbons (Fsp3) is 0.455. The molecule has 9 heteroatoms. The highest BCUT2D eigenvalue weighted by molar-refractivity contribution is 7.91. The second kappa shape index (κ2) is 5.16. The van der Waals surface area contributed by atoms with Gasteiger partial charge >= 0.3 is 12.0 Å². The Bertz CT molecular complexity index is 635. The summed E-state index contributed by atoms with van der Waals surface area (Å²) in [4.78, 5) is 27.0. The van der Waals surface area contributed by atoms with Gasteiger partial charge in [0.25, 0.3) is 0 Å². The third-order valence-corrected chi connectivity index (χ3v) is 4.65. The molecule has 8 nitrogen and oxygen atoms in total. The lowest BCUT2D eigenvalue weighted by Gasteiger charge is -2.26. The zero-order valence-electron chi connectivity index (χ0n) is 10.8. The number of nitrogens with one attached hydrogen (secondary N) is 2. The third-order valence-electron chi connectivity index (χ3n) is 3.04. The van der Waals surface area contributed by atoms with Crippen LogP contribution < -0.4 is 5.32 Å². The van der Waals surface area contributed by atoms with Gasteiger partial charge in [0.1, 0.15) is 5.69 Å². The minimum Gasteiger partial charge on any atom is -0.477 e. The maximum atomic E-state index is 12.0. The summed E-state index contributed by atoms with van der Waals surface area (Å²) in [7, 11) is -3.06. The van der Waals surface area contributed by atoms with Gasteiger partial charge in [-0.25, -0.2) is 18.0 Å². The van der Waals surface area contributed by atoms with Gasteiger partial charge in [0, 0.05) is 18.8 Å². The summed E-state index contributed by atoms with van der Waals surface area (Å²) in [5.41, 5.74) is 0.688. The molecule has 1 saturated heterocycles. The maximum Gasteiger partial charge on any atom is 0.354 e. The predicted molar refractivity (Wildman–Crippen MR) is 71.7 cm³/mol. The van der Waals surface area contributed by atoms with Crippen LogP contribution in [0.5, 0.6) is 0 Å². The number of nitrogens with zero attached hydrogens (tertiary/aromatic N) is 1. The fourth-order valence-electron chi connectivity index (χ4n) is 1.97. The number of sulfone groups is 1. The van der Waals surface area contributed by atoms with Crippen molar-refractivity contribution in [2.45, 2.75) is 6.92 Å². The van der Waals surface area contributed by atoms with Crippen molar-refractivity contribution in [1.29, 1.82) is 0 Å². The van der Waals surface area contributed by atoms with Crippen LogP contribution in [0.2, 0.25) is 0 Å². The number of aromatic amines is 1. The van der Waals surface area contributed by atoms with E-state index in [4.69, 9.17) is 5.11 Å². The zero-order valence-corrected chi connectivity index (χ0v) is 11.7. The molecule has 2 rings (SSSR count). The molecule has 0 radical (unpaired) electrons. The van der Waals surface area contributed by atoms with Crippen LogP contribution in [-0.4, -0.2) is 60.0 Å². The van der Waals surface area contributed by atoms with E-state index in [1.165, 1.54) is 11.0 Å². The van der Waals surface area contributed by atoms with Gasteiger partial charge in [0.05, 0.1) is 17.2 Å². The van der Waals surface area contributed by atoms with Crippen LogP contribution in [0.15, 0.2) is 6.07 Å². The van der Waals surface area contributed by atoms with E-state index in [2.05, 4.69) is 10.3 Å². The number of hydrogen-bond donors (Lipinski definition) is 3. The van der Waals surface area contributed by atoms with Crippen LogP contribution in [0.25, 0.3) is 0 Å². The molecule has 0 saturated carbocycles. The average molecular weight is 301 g/mol. The second-order valence-electron chi connectivity index (χ2n) is 4.62. The molecule has 0 atom stereocenters. The van der Waals surface area contributed by atoms with Gasteiger partial charge in [-0.2, -0.15) is 0 Å². The molecule has 0 aromatic carbocycles. The number of aromatic nitrogens is 1. The Hall–Kier alpha value is -2.03. The normalized spacial score (nSPS) is 17.8. The predicted octanol–water partition coefficient (Wildman–Crippen LogP) is 0.284. The van der Waals surface area contributed by atoms with Crippen molar-refractivity contribution in [3.63, 3.8) is 0 Å². The SMILES string of the molecule is Cc1cc(NC(=O)N2CCS(=O)(=O)CC2)c(C(=O)O)[nH]1. The Kier molecular flexibility index (Phi) is 3.71. The monoisotopic (exact) mass is 301 g/mol. The quantitative estimate of drug-likeness (QED) is 0.725. The van der Waals surface area contributed by atoms with E-state index < -0.39 is 21.8 Å². The molecule has 1 aromatic rings. The number of anilines is 1. The number of carbonyl (C=O) groups is 2. The highest BCUT2D eigenvalue weighted by Gasteiger charge is 2.26. The summed E-state index contributed by atoms with van der Waals surface area (Å²) >= 11 is 0. The summed E-state index contributed by atoms with van der Waals surface area (Å²) in [5.74, 6) is -1.31. The summed E-state index contributed by atoms with van der Waals surface area (Å²) < 4.78 is 22.6. The highest BCUT2D eigenvalue weighted by Crippen LogP contribution is 2.18. The van der Waals surface area contributed by atoms with Crippen molar-refractivity contribution in [2.75, 3.05) is 29.9 Å². The summed E-state index contributed by atoms with van der Waals surface area (Å²) in [6, 6.07) is 1.02. The van der Waals surface area contributed by atoms with Crippen molar-refractivity contribution < 1.29 is 23.1 Å². The van der Waals surface area contributed by atoms with E-state index in [1.807, 2.05) is 0 Å². The lowest BCUT2D eigenvalue weighted by atomic mass is 10.3. The second-order valence-corrected chi connectivity index (χ2v) is 6.92. The van der Waals surface area contributed by atoms with Gasteiger partial charge in [-0.3, -0.25) is 0 Å². The van der Waals surface area contributed by atoms with Crippen LogP contribution in [-0.2, 0) is 9.84 Å². The van der Waals surface area contributed by atoms with Crippen LogP contribution in [0, 0.1) is 6.92 Å². The standard InChI is InChI=1S/C11H15N3O5S/c1-7-6-8(9(12-7)10(15)16)13-11(17)14-2-4-20(18,19)5-3-14/h6,12H,2-5H2,1H3,(H,13,17)(H,15,16). The number of aromatic carboxylic acids is 1. The summed E-state index contributed by atoms with van der Waals surface area (Å²) in [6.07, 6.45) is 0. The Labute approximate surface area is 115 Å². The van der Waals surface area contributed by atoms with Gasteiger partial charge in [-0.15, -0.1) is 0 Å². The smallest absolute Gasteiger partial charge is 0.354 e. The molecular formula is C11H15N3O5S. The lowest BCUT2D eigenvalue weighted by Crippen LogP contribution is -2.45. The molecule has 1 fully saturated rings. The number of rotatable bonds is 2. The number of amides is 2. The number of carboxylic acids is 1. The summed E-state index contributed by atoms with van der Waals surface area (Å²) in [5, 5.41) is 11.5. The van der Waals surface area contributed by atoms with Crippen LogP contribution in [0.4, 0.5) is 10.5 Å². The van der Waals surface area contributed by atoms with Gasteiger partial charge < -0.3 is 20.3 Å². The Morgan fingerprint density at radius 1 is 1.35 bits per heavy atom. The Morgan fingerprint density at radius 2 is 1.95 bits per heavy atom. The molecule has 110 valence electrons. The van der Waals surface area contributed by atoms with E-state index in [1.54, 1.807) is 6.92 Å². The van der Waals surface area contributed by atoms with Crippen molar-refractivity contribution in [3.05, 3.63) is 17.5 Å². The zero-order chi connectivity index (χ0) is 14.9. The van der Waals surface area contributed by atoms with Crippen molar-refractivity contribution in [1.82, 2.24) is 9.88 Å². The number of aryl methyl sites for hydroxylation is 1. The molecule has 2 heterocycles. The summed E-state index contributed by atoms with van der Waals surface area (Å²) in [6.45, 7) is 1.90. The number of carbonyl (C=O) groups excluding carboxylic acids is 1. The molecular weight excluding hydrogens is 286 g/mol. The molecule has 1 aromatic heterocycles. The topological polar surface area (TPSA) is 120 Å². The molecule has 0 spiro atoms. The lowest BCUT2D eigenvalue weighted by molar-refractivity contribution is 0.0692. The Balaban J connectivity index is 2.07. The molecule has 0 aliphatic carbocycles. The van der Waals surface area contributed by atoms with Crippen LogP contribution >= 0.6 is 0 Å².